The van der Waals surface area contributed by atoms with Gasteiger partial charge in [0.1, 0.15) is 0 Å². The van der Waals surface area contributed by atoms with Crippen LogP contribution in [-0.4, -0.2) is 22.0 Å². The second-order valence-electron chi connectivity index (χ2n) is 4.41. The van der Waals surface area contributed by atoms with E-state index in [1.807, 2.05) is 18.2 Å². The number of allylic oxidation sites excluding steroid dienone is 1. The fourth-order valence-corrected chi connectivity index (χ4v) is 2.44. The molecule has 94 valence electrons. The van der Waals surface area contributed by atoms with Crippen molar-refractivity contribution in [2.45, 2.75) is 6.10 Å². The van der Waals surface area contributed by atoms with Crippen molar-refractivity contribution >= 4 is 28.6 Å². The van der Waals surface area contributed by atoms with Gasteiger partial charge in [-0.15, -0.1) is 0 Å². The van der Waals surface area contributed by atoms with E-state index in [1.54, 1.807) is 12.1 Å². The summed E-state index contributed by atoms with van der Waals surface area (Å²) >= 11 is 0. The summed E-state index contributed by atoms with van der Waals surface area (Å²) in [6.07, 6.45) is 1.41. The largest absolute Gasteiger partial charge is 0.479 e. The lowest BCUT2D eigenvalue weighted by atomic mass is 9.87. The molecule has 0 fully saturated rings. The molecule has 0 radical (unpaired) electrons. The van der Waals surface area contributed by atoms with Gasteiger partial charge in [0.25, 0.3) is 0 Å². The van der Waals surface area contributed by atoms with Crippen LogP contribution in [0.25, 0.3) is 16.8 Å². The Bertz CT molecular complexity index is 743. The lowest BCUT2D eigenvalue weighted by Gasteiger charge is -2.17. The predicted molar refractivity (Wildman–Crippen MR) is 69.9 cm³/mol. The van der Waals surface area contributed by atoms with E-state index in [1.165, 1.54) is 12.1 Å². The zero-order valence-electron chi connectivity index (χ0n) is 9.83. The van der Waals surface area contributed by atoms with Gasteiger partial charge in [0.15, 0.2) is 11.9 Å². The first-order valence-corrected chi connectivity index (χ1v) is 5.78. The number of carbonyl (C=O) groups is 2. The van der Waals surface area contributed by atoms with E-state index in [2.05, 4.69) is 0 Å². The van der Waals surface area contributed by atoms with Gasteiger partial charge >= 0.3 is 5.97 Å². The van der Waals surface area contributed by atoms with E-state index in [0.29, 0.717) is 5.39 Å². The Hall–Kier alpha value is -2.46. The van der Waals surface area contributed by atoms with Crippen molar-refractivity contribution in [3.05, 3.63) is 53.1 Å². The molecule has 19 heavy (non-hydrogen) atoms. The Labute approximate surface area is 108 Å². The molecule has 4 nitrogen and oxygen atoms in total. The van der Waals surface area contributed by atoms with Crippen molar-refractivity contribution in [2.24, 2.45) is 0 Å². The van der Waals surface area contributed by atoms with E-state index < -0.39 is 12.1 Å². The molecule has 1 aliphatic rings. The first kappa shape index (κ1) is 11.6. The molecule has 2 aromatic carbocycles. The van der Waals surface area contributed by atoms with Crippen molar-refractivity contribution in [3.63, 3.8) is 0 Å². The van der Waals surface area contributed by atoms with Crippen molar-refractivity contribution in [2.75, 3.05) is 0 Å². The van der Waals surface area contributed by atoms with Crippen LogP contribution in [0, 0.1) is 0 Å². The highest BCUT2D eigenvalue weighted by atomic mass is 16.4. The van der Waals surface area contributed by atoms with Gasteiger partial charge in [-0.2, -0.15) is 0 Å². The summed E-state index contributed by atoms with van der Waals surface area (Å²) in [5.41, 5.74) is 1.28. The van der Waals surface area contributed by atoms with Gasteiger partial charge in [0, 0.05) is 16.5 Å². The third-order valence-electron chi connectivity index (χ3n) is 3.30. The number of carboxylic acid groups (broad SMARTS) is 1. The Morgan fingerprint density at radius 1 is 1.11 bits per heavy atom. The van der Waals surface area contributed by atoms with Crippen LogP contribution in [0.1, 0.15) is 27.6 Å². The van der Waals surface area contributed by atoms with E-state index in [4.69, 9.17) is 5.11 Å². The quantitative estimate of drug-likeness (QED) is 0.861. The van der Waals surface area contributed by atoms with Crippen molar-refractivity contribution in [1.82, 2.24) is 0 Å². The van der Waals surface area contributed by atoms with Crippen LogP contribution >= 0.6 is 0 Å². The number of benzene rings is 2. The summed E-state index contributed by atoms with van der Waals surface area (Å²) in [5, 5.41) is 20.2. The van der Waals surface area contributed by atoms with Gasteiger partial charge in [0.2, 0.25) is 0 Å². The topological polar surface area (TPSA) is 74.6 Å². The van der Waals surface area contributed by atoms with Gasteiger partial charge in [-0.25, -0.2) is 4.79 Å². The maximum absolute atomic E-state index is 12.0. The van der Waals surface area contributed by atoms with E-state index in [0.717, 1.165) is 10.9 Å². The molecule has 3 rings (SSSR count). The molecule has 0 bridgehead atoms. The predicted octanol–water partition coefficient (Wildman–Crippen LogP) is 2.17. The number of carboxylic acids is 1. The highest BCUT2D eigenvalue weighted by Crippen LogP contribution is 2.33. The smallest absolute Gasteiger partial charge is 0.337 e. The zero-order chi connectivity index (χ0) is 13.6. The first-order chi connectivity index (χ1) is 9.09. The van der Waals surface area contributed by atoms with Gasteiger partial charge in [-0.05, 0) is 17.0 Å². The molecule has 0 saturated heterocycles. The number of ketones is 1. The summed E-state index contributed by atoms with van der Waals surface area (Å²) in [5.74, 6) is -1.64. The van der Waals surface area contributed by atoms with Gasteiger partial charge < -0.3 is 10.2 Å². The number of aliphatic hydroxyl groups excluding tert-OH is 1. The number of carbonyl (C=O) groups excluding carboxylic acids is 1. The molecule has 0 amide bonds. The third kappa shape index (κ3) is 1.65. The molecule has 0 spiro atoms. The average Bonchev–Trinajstić information content (AvgIpc) is 2.42. The maximum Gasteiger partial charge on any atom is 0.337 e. The van der Waals surface area contributed by atoms with E-state index in [-0.39, 0.29) is 16.9 Å². The molecule has 1 atom stereocenters. The third-order valence-corrected chi connectivity index (χ3v) is 3.30. The molecule has 4 heteroatoms. The first-order valence-electron chi connectivity index (χ1n) is 5.78. The fourth-order valence-electron chi connectivity index (χ4n) is 2.44. The molecule has 0 aliphatic heterocycles. The van der Waals surface area contributed by atoms with Crippen molar-refractivity contribution in [3.8, 4) is 0 Å². The molecular weight excluding hydrogens is 244 g/mol. The minimum atomic E-state index is -1.69. The van der Waals surface area contributed by atoms with Crippen LogP contribution in [0.5, 0.6) is 0 Å². The van der Waals surface area contributed by atoms with Crippen molar-refractivity contribution < 1.29 is 19.8 Å². The second kappa shape index (κ2) is 4.03. The Morgan fingerprint density at radius 2 is 1.89 bits per heavy atom. The SMILES string of the molecule is O=C1C=Cc2cccc3ccc(C(O)C(=O)O)c1c23. The Morgan fingerprint density at radius 3 is 2.63 bits per heavy atom. The number of hydrogen-bond acceptors (Lipinski definition) is 3. The molecule has 0 saturated carbocycles. The van der Waals surface area contributed by atoms with Gasteiger partial charge in [-0.3, -0.25) is 4.79 Å². The van der Waals surface area contributed by atoms with Gasteiger partial charge in [0.05, 0.1) is 0 Å². The highest BCUT2D eigenvalue weighted by molar-refractivity contribution is 6.21. The summed E-state index contributed by atoms with van der Waals surface area (Å²) in [7, 11) is 0. The lowest BCUT2D eigenvalue weighted by molar-refractivity contribution is -0.146. The molecular formula is C15H10O4. The number of rotatable bonds is 2. The summed E-state index contributed by atoms with van der Waals surface area (Å²) < 4.78 is 0. The lowest BCUT2D eigenvalue weighted by Crippen LogP contribution is -2.16. The number of aliphatic hydroxyl groups is 1. The second-order valence-corrected chi connectivity index (χ2v) is 4.41. The Kier molecular flexibility index (Phi) is 2.47. The van der Waals surface area contributed by atoms with Crippen molar-refractivity contribution in [1.29, 1.82) is 0 Å². The average molecular weight is 254 g/mol. The van der Waals surface area contributed by atoms with Crippen LogP contribution in [0.2, 0.25) is 0 Å². The monoisotopic (exact) mass is 254 g/mol. The summed E-state index contributed by atoms with van der Waals surface area (Å²) in [6, 6.07) is 8.79. The normalized spacial score (nSPS) is 14.7. The molecule has 2 N–H and O–H groups in total. The Balaban J connectivity index is 2.40. The van der Waals surface area contributed by atoms with E-state index in [9.17, 15) is 14.7 Å². The van der Waals surface area contributed by atoms with Gasteiger partial charge in [-0.1, -0.05) is 36.4 Å². The maximum atomic E-state index is 12.0. The molecule has 2 aromatic rings. The van der Waals surface area contributed by atoms with Crippen LogP contribution in [0.3, 0.4) is 0 Å². The minimum Gasteiger partial charge on any atom is -0.479 e. The van der Waals surface area contributed by atoms with E-state index >= 15 is 0 Å². The molecule has 0 aromatic heterocycles. The fraction of sp³-hybridized carbons (Fsp3) is 0.0667. The van der Waals surface area contributed by atoms with Crippen LogP contribution in [0.4, 0.5) is 0 Å². The molecule has 1 aliphatic carbocycles. The summed E-state index contributed by atoms with van der Waals surface area (Å²) in [4.78, 5) is 23.0. The standard InChI is InChI=1S/C15H10O4/c16-11-7-5-9-3-1-2-8-4-6-10(13(11)12(8)9)14(17)15(18)19/h1-7,14,17H,(H,18,19). The van der Waals surface area contributed by atoms with Crippen LogP contribution < -0.4 is 0 Å². The zero-order valence-corrected chi connectivity index (χ0v) is 9.83. The summed E-state index contributed by atoms with van der Waals surface area (Å²) in [6.45, 7) is 0. The molecule has 1 unspecified atom stereocenters. The van der Waals surface area contributed by atoms with Crippen LogP contribution in [-0.2, 0) is 4.79 Å². The molecule has 0 heterocycles. The number of aliphatic carboxylic acids is 1. The minimum absolute atomic E-state index is 0.141. The highest BCUT2D eigenvalue weighted by Gasteiger charge is 2.26. The number of hydrogen-bond donors (Lipinski definition) is 2. The van der Waals surface area contributed by atoms with Crippen LogP contribution in [0.15, 0.2) is 36.4 Å².